The molecule has 140 valence electrons. The van der Waals surface area contributed by atoms with Gasteiger partial charge >= 0.3 is 0 Å². The highest BCUT2D eigenvalue weighted by Gasteiger charge is 2.23. The standard InChI is InChI=1S/C19H25FN4O2/c1-14(2)26-19-18(21-6-7-22-19)23-13-17(24-8-10-25-11-9-24)15-4-3-5-16(20)12-15/h3-7,12,14,17H,8-11,13H2,1-2H3,(H,21,23). The fourth-order valence-electron chi connectivity index (χ4n) is 3.01. The molecule has 6 nitrogen and oxygen atoms in total. The van der Waals surface area contributed by atoms with Crippen LogP contribution in [0.5, 0.6) is 5.88 Å². The van der Waals surface area contributed by atoms with Gasteiger partial charge in [0, 0.05) is 32.0 Å². The first-order chi connectivity index (χ1) is 12.6. The second-order valence-electron chi connectivity index (χ2n) is 6.48. The van der Waals surface area contributed by atoms with Gasteiger partial charge in [0.15, 0.2) is 5.82 Å². The van der Waals surface area contributed by atoms with Crippen LogP contribution >= 0.6 is 0 Å². The van der Waals surface area contributed by atoms with Crippen LogP contribution in [0.1, 0.15) is 25.5 Å². The zero-order valence-corrected chi connectivity index (χ0v) is 15.2. The van der Waals surface area contributed by atoms with Gasteiger partial charge < -0.3 is 14.8 Å². The average Bonchev–Trinajstić information content (AvgIpc) is 2.64. The fraction of sp³-hybridized carbons (Fsp3) is 0.474. The van der Waals surface area contributed by atoms with E-state index >= 15 is 0 Å². The number of anilines is 1. The van der Waals surface area contributed by atoms with Crippen LogP contribution in [0.25, 0.3) is 0 Å². The second kappa shape index (κ2) is 8.91. The van der Waals surface area contributed by atoms with Gasteiger partial charge in [-0.1, -0.05) is 12.1 Å². The van der Waals surface area contributed by atoms with Crippen molar-refractivity contribution < 1.29 is 13.9 Å². The number of hydrogen-bond donors (Lipinski definition) is 1. The molecule has 26 heavy (non-hydrogen) atoms. The number of nitrogens with one attached hydrogen (secondary N) is 1. The molecule has 1 unspecified atom stereocenters. The van der Waals surface area contributed by atoms with Crippen LogP contribution in [0.3, 0.4) is 0 Å². The van der Waals surface area contributed by atoms with E-state index in [1.807, 2.05) is 19.9 Å². The van der Waals surface area contributed by atoms with Crippen LogP contribution in [0.2, 0.25) is 0 Å². The molecule has 0 aliphatic carbocycles. The molecule has 0 saturated carbocycles. The Labute approximate surface area is 153 Å². The minimum atomic E-state index is -0.232. The molecule has 1 N–H and O–H groups in total. The molecule has 7 heteroatoms. The molecule has 0 bridgehead atoms. The molecule has 1 aliphatic heterocycles. The molecule has 2 aromatic rings. The first-order valence-corrected chi connectivity index (χ1v) is 8.92. The summed E-state index contributed by atoms with van der Waals surface area (Å²) in [5.74, 6) is 0.836. The maximum Gasteiger partial charge on any atom is 0.257 e. The van der Waals surface area contributed by atoms with E-state index in [4.69, 9.17) is 9.47 Å². The maximum atomic E-state index is 13.8. The first kappa shape index (κ1) is 18.5. The summed E-state index contributed by atoms with van der Waals surface area (Å²) in [4.78, 5) is 10.9. The van der Waals surface area contributed by atoms with E-state index in [0.29, 0.717) is 31.5 Å². The van der Waals surface area contributed by atoms with Gasteiger partial charge in [-0.15, -0.1) is 0 Å². The molecular weight excluding hydrogens is 335 g/mol. The Morgan fingerprint density at radius 1 is 1.23 bits per heavy atom. The van der Waals surface area contributed by atoms with E-state index in [-0.39, 0.29) is 18.0 Å². The highest BCUT2D eigenvalue weighted by atomic mass is 19.1. The molecule has 1 aromatic heterocycles. The summed E-state index contributed by atoms with van der Waals surface area (Å²) >= 11 is 0. The molecule has 1 saturated heterocycles. The van der Waals surface area contributed by atoms with Crippen LogP contribution < -0.4 is 10.1 Å². The Kier molecular flexibility index (Phi) is 6.35. The topological polar surface area (TPSA) is 59.5 Å². The summed E-state index contributed by atoms with van der Waals surface area (Å²) < 4.78 is 24.9. The Morgan fingerprint density at radius 2 is 2.00 bits per heavy atom. The van der Waals surface area contributed by atoms with Crippen molar-refractivity contribution in [2.45, 2.75) is 26.0 Å². The van der Waals surface area contributed by atoms with E-state index < -0.39 is 0 Å². The van der Waals surface area contributed by atoms with Crippen molar-refractivity contribution in [3.05, 3.63) is 48.0 Å². The smallest absolute Gasteiger partial charge is 0.257 e. The van der Waals surface area contributed by atoms with Crippen molar-refractivity contribution in [1.82, 2.24) is 14.9 Å². The van der Waals surface area contributed by atoms with Crippen molar-refractivity contribution in [1.29, 1.82) is 0 Å². The summed E-state index contributed by atoms with van der Waals surface area (Å²) in [7, 11) is 0. The Hall–Kier alpha value is -2.25. The highest BCUT2D eigenvalue weighted by Crippen LogP contribution is 2.25. The van der Waals surface area contributed by atoms with Crippen molar-refractivity contribution >= 4 is 5.82 Å². The summed E-state index contributed by atoms with van der Waals surface area (Å²) in [6.07, 6.45) is 3.24. The fourth-order valence-corrected chi connectivity index (χ4v) is 3.01. The van der Waals surface area contributed by atoms with Crippen LogP contribution in [0, 0.1) is 5.82 Å². The Balaban J connectivity index is 1.78. The summed E-state index contributed by atoms with van der Waals surface area (Å²) in [6, 6.07) is 6.75. The molecule has 1 aliphatic rings. The lowest BCUT2D eigenvalue weighted by atomic mass is 10.0. The van der Waals surface area contributed by atoms with Crippen molar-refractivity contribution in [3.8, 4) is 5.88 Å². The largest absolute Gasteiger partial charge is 0.472 e. The van der Waals surface area contributed by atoms with Crippen molar-refractivity contribution in [3.63, 3.8) is 0 Å². The number of hydrogen-bond acceptors (Lipinski definition) is 6. The van der Waals surface area contributed by atoms with E-state index in [0.717, 1.165) is 18.7 Å². The maximum absolute atomic E-state index is 13.8. The molecular formula is C19H25FN4O2. The van der Waals surface area contributed by atoms with Gasteiger partial charge in [0.25, 0.3) is 5.88 Å². The van der Waals surface area contributed by atoms with Crippen LogP contribution in [-0.2, 0) is 4.74 Å². The average molecular weight is 360 g/mol. The third-order valence-electron chi connectivity index (χ3n) is 4.19. The number of nitrogens with zero attached hydrogens (tertiary/aromatic N) is 3. The molecule has 0 amide bonds. The molecule has 1 atom stereocenters. The predicted molar refractivity (Wildman–Crippen MR) is 97.8 cm³/mol. The minimum Gasteiger partial charge on any atom is -0.472 e. The van der Waals surface area contributed by atoms with Gasteiger partial charge in [-0.3, -0.25) is 4.90 Å². The number of benzene rings is 1. The van der Waals surface area contributed by atoms with Crippen molar-refractivity contribution in [2.24, 2.45) is 0 Å². The quantitative estimate of drug-likeness (QED) is 0.819. The van der Waals surface area contributed by atoms with E-state index in [2.05, 4.69) is 20.2 Å². The van der Waals surface area contributed by atoms with Gasteiger partial charge in [-0.05, 0) is 31.5 Å². The number of halogens is 1. The number of rotatable bonds is 7. The van der Waals surface area contributed by atoms with E-state index in [1.54, 1.807) is 24.5 Å². The zero-order valence-electron chi connectivity index (χ0n) is 15.2. The molecule has 0 spiro atoms. The van der Waals surface area contributed by atoms with Crippen molar-refractivity contribution in [2.75, 3.05) is 38.2 Å². The van der Waals surface area contributed by atoms with E-state index in [9.17, 15) is 4.39 Å². The van der Waals surface area contributed by atoms with E-state index in [1.165, 1.54) is 6.07 Å². The molecule has 2 heterocycles. The van der Waals surface area contributed by atoms with Crippen LogP contribution in [0.4, 0.5) is 10.2 Å². The molecule has 0 radical (unpaired) electrons. The third-order valence-corrected chi connectivity index (χ3v) is 4.19. The molecule has 1 aromatic carbocycles. The number of aromatic nitrogens is 2. The highest BCUT2D eigenvalue weighted by molar-refractivity contribution is 5.45. The van der Waals surface area contributed by atoms with Gasteiger partial charge in [0.05, 0.1) is 25.4 Å². The third kappa shape index (κ3) is 4.89. The lowest BCUT2D eigenvalue weighted by Gasteiger charge is -2.35. The van der Waals surface area contributed by atoms with Gasteiger partial charge in [0.2, 0.25) is 0 Å². The van der Waals surface area contributed by atoms with Crippen LogP contribution in [-0.4, -0.2) is 53.8 Å². The van der Waals surface area contributed by atoms with Gasteiger partial charge in [0.1, 0.15) is 5.82 Å². The van der Waals surface area contributed by atoms with Gasteiger partial charge in [-0.25, -0.2) is 14.4 Å². The monoisotopic (exact) mass is 360 g/mol. The Bertz CT molecular complexity index is 707. The first-order valence-electron chi connectivity index (χ1n) is 8.92. The predicted octanol–water partition coefficient (Wildman–Crippen LogP) is 2.89. The number of ether oxygens (including phenoxy) is 2. The Morgan fingerprint density at radius 3 is 2.73 bits per heavy atom. The summed E-state index contributed by atoms with van der Waals surface area (Å²) in [5.41, 5.74) is 0.926. The molecule has 3 rings (SSSR count). The van der Waals surface area contributed by atoms with Gasteiger partial charge in [-0.2, -0.15) is 0 Å². The SMILES string of the molecule is CC(C)Oc1nccnc1NCC(c1cccc(F)c1)N1CCOCC1. The summed E-state index contributed by atoms with van der Waals surface area (Å²) in [6.45, 7) is 7.43. The normalized spacial score (nSPS) is 16.5. The molecule has 1 fully saturated rings. The second-order valence-corrected chi connectivity index (χ2v) is 6.48. The number of morpholine rings is 1. The minimum absolute atomic E-state index is 0.00325. The van der Waals surface area contributed by atoms with Crippen LogP contribution in [0.15, 0.2) is 36.7 Å². The lowest BCUT2D eigenvalue weighted by molar-refractivity contribution is 0.0186. The zero-order chi connectivity index (χ0) is 18.4. The lowest BCUT2D eigenvalue weighted by Crippen LogP contribution is -2.41. The summed E-state index contributed by atoms with van der Waals surface area (Å²) in [5, 5.41) is 3.33.